The van der Waals surface area contributed by atoms with Gasteiger partial charge in [0, 0.05) is 12.2 Å². The van der Waals surface area contributed by atoms with Crippen LogP contribution in [0.5, 0.6) is 5.75 Å². The van der Waals surface area contributed by atoms with E-state index >= 15 is 0 Å². The maximum atomic E-state index is 11.8. The Hall–Kier alpha value is -2.24. The van der Waals surface area contributed by atoms with Crippen molar-refractivity contribution in [3.05, 3.63) is 23.8 Å². The molecule has 0 atom stereocenters. The van der Waals surface area contributed by atoms with Crippen molar-refractivity contribution in [2.24, 2.45) is 5.92 Å². The van der Waals surface area contributed by atoms with Gasteiger partial charge in [0.05, 0.1) is 12.1 Å². The standard InChI is InChI=1S/C14H17N3O3/c18-13-11-7-10(3-4-12(11)20-6-5-15-13)17-14(19)16-8-9-1-2-9/h3-4,7,9H,1-2,5-6,8H2,(H,15,18)(H2,16,17,19). The van der Waals surface area contributed by atoms with Crippen molar-refractivity contribution >= 4 is 17.6 Å². The number of carbonyl (C=O) groups is 2. The van der Waals surface area contributed by atoms with Crippen LogP contribution in [0.4, 0.5) is 10.5 Å². The van der Waals surface area contributed by atoms with Gasteiger partial charge in [-0.1, -0.05) is 0 Å². The molecule has 2 aliphatic rings. The first-order valence-corrected chi connectivity index (χ1v) is 6.82. The highest BCUT2D eigenvalue weighted by atomic mass is 16.5. The molecule has 106 valence electrons. The molecule has 20 heavy (non-hydrogen) atoms. The Morgan fingerprint density at radius 1 is 1.40 bits per heavy atom. The SMILES string of the molecule is O=C(NCC1CC1)Nc1ccc2c(c1)C(=O)NCCO2. The number of urea groups is 1. The lowest BCUT2D eigenvalue weighted by Gasteiger charge is -2.10. The Morgan fingerprint density at radius 3 is 3.05 bits per heavy atom. The summed E-state index contributed by atoms with van der Waals surface area (Å²) in [7, 11) is 0. The van der Waals surface area contributed by atoms with Crippen LogP contribution >= 0.6 is 0 Å². The number of hydrogen-bond donors (Lipinski definition) is 3. The number of carbonyl (C=O) groups excluding carboxylic acids is 2. The second-order valence-electron chi connectivity index (χ2n) is 5.09. The fourth-order valence-corrected chi connectivity index (χ4v) is 2.07. The van der Waals surface area contributed by atoms with Crippen molar-refractivity contribution in [3.63, 3.8) is 0 Å². The van der Waals surface area contributed by atoms with Crippen molar-refractivity contribution < 1.29 is 14.3 Å². The van der Waals surface area contributed by atoms with Gasteiger partial charge in [0.2, 0.25) is 0 Å². The molecule has 0 aromatic heterocycles. The van der Waals surface area contributed by atoms with Gasteiger partial charge >= 0.3 is 6.03 Å². The zero-order valence-corrected chi connectivity index (χ0v) is 11.1. The number of benzene rings is 1. The molecule has 0 spiro atoms. The van der Waals surface area contributed by atoms with Crippen LogP contribution in [0.1, 0.15) is 23.2 Å². The molecule has 3 N–H and O–H groups in total. The van der Waals surface area contributed by atoms with Gasteiger partial charge in [0.15, 0.2) is 0 Å². The van der Waals surface area contributed by atoms with E-state index in [0.717, 1.165) is 0 Å². The first kappa shape index (κ1) is 12.8. The predicted molar refractivity (Wildman–Crippen MR) is 74.0 cm³/mol. The van der Waals surface area contributed by atoms with E-state index in [1.54, 1.807) is 18.2 Å². The van der Waals surface area contributed by atoms with E-state index in [1.165, 1.54) is 12.8 Å². The molecule has 1 aliphatic heterocycles. The molecule has 1 aliphatic carbocycles. The third-order valence-electron chi connectivity index (χ3n) is 3.38. The van der Waals surface area contributed by atoms with Gasteiger partial charge in [-0.3, -0.25) is 4.79 Å². The predicted octanol–water partition coefficient (Wildman–Crippen LogP) is 1.34. The fraction of sp³-hybridized carbons (Fsp3) is 0.429. The van der Waals surface area contributed by atoms with Gasteiger partial charge in [-0.15, -0.1) is 0 Å². The highest BCUT2D eigenvalue weighted by Gasteiger charge is 2.22. The summed E-state index contributed by atoms with van der Waals surface area (Å²) >= 11 is 0. The van der Waals surface area contributed by atoms with Gasteiger partial charge in [-0.2, -0.15) is 0 Å². The van der Waals surface area contributed by atoms with Gasteiger partial charge in [0.1, 0.15) is 12.4 Å². The normalized spacial score (nSPS) is 17.3. The maximum Gasteiger partial charge on any atom is 0.319 e. The van der Waals surface area contributed by atoms with Crippen molar-refractivity contribution in [3.8, 4) is 5.75 Å². The zero-order valence-electron chi connectivity index (χ0n) is 11.1. The van der Waals surface area contributed by atoms with Gasteiger partial charge < -0.3 is 20.7 Å². The lowest BCUT2D eigenvalue weighted by atomic mass is 10.1. The number of ether oxygens (including phenoxy) is 1. The van der Waals surface area contributed by atoms with Crippen molar-refractivity contribution in [1.82, 2.24) is 10.6 Å². The first-order valence-electron chi connectivity index (χ1n) is 6.82. The highest BCUT2D eigenvalue weighted by molar-refractivity contribution is 5.99. The smallest absolute Gasteiger partial charge is 0.319 e. The summed E-state index contributed by atoms with van der Waals surface area (Å²) in [5.41, 5.74) is 1.03. The first-order chi connectivity index (χ1) is 9.72. The Balaban J connectivity index is 1.67. The molecular weight excluding hydrogens is 258 g/mol. The average Bonchev–Trinajstić information content (AvgIpc) is 3.26. The molecule has 3 rings (SSSR count). The van der Waals surface area contributed by atoms with E-state index in [9.17, 15) is 9.59 Å². The third-order valence-corrected chi connectivity index (χ3v) is 3.38. The summed E-state index contributed by atoms with van der Waals surface area (Å²) in [4.78, 5) is 23.6. The maximum absolute atomic E-state index is 11.8. The van der Waals surface area contributed by atoms with Crippen LogP contribution in [0.3, 0.4) is 0 Å². The van der Waals surface area contributed by atoms with Crippen molar-refractivity contribution in [2.75, 3.05) is 25.0 Å². The minimum absolute atomic E-state index is 0.181. The number of amides is 3. The molecule has 0 saturated heterocycles. The molecule has 1 aromatic rings. The summed E-state index contributed by atoms with van der Waals surface area (Å²) in [6.45, 7) is 1.64. The average molecular weight is 275 g/mol. The van der Waals surface area contributed by atoms with Gasteiger partial charge in [-0.05, 0) is 37.0 Å². The lowest BCUT2D eigenvalue weighted by Crippen LogP contribution is -2.30. The van der Waals surface area contributed by atoms with Crippen LogP contribution in [0, 0.1) is 5.92 Å². The number of fused-ring (bicyclic) bond motifs is 1. The molecule has 6 heteroatoms. The van der Waals surface area contributed by atoms with E-state index in [-0.39, 0.29) is 11.9 Å². The van der Waals surface area contributed by atoms with Gasteiger partial charge in [-0.25, -0.2) is 4.79 Å². The van der Waals surface area contributed by atoms with Crippen LogP contribution in [0.15, 0.2) is 18.2 Å². The molecule has 1 aromatic carbocycles. The summed E-state index contributed by atoms with van der Waals surface area (Å²) in [6.07, 6.45) is 2.38. The molecule has 0 bridgehead atoms. The van der Waals surface area contributed by atoms with Crippen LogP contribution in [0.2, 0.25) is 0 Å². The lowest BCUT2D eigenvalue weighted by molar-refractivity contribution is 0.0957. The molecule has 1 fully saturated rings. The van der Waals surface area contributed by atoms with E-state index < -0.39 is 0 Å². The molecule has 0 unspecified atom stereocenters. The van der Waals surface area contributed by atoms with Gasteiger partial charge in [0.25, 0.3) is 5.91 Å². The largest absolute Gasteiger partial charge is 0.491 e. The van der Waals surface area contributed by atoms with Crippen molar-refractivity contribution in [2.45, 2.75) is 12.8 Å². The number of anilines is 1. The molecular formula is C14H17N3O3. The molecule has 3 amide bonds. The molecule has 6 nitrogen and oxygen atoms in total. The third kappa shape index (κ3) is 3.01. The number of nitrogens with one attached hydrogen (secondary N) is 3. The quantitative estimate of drug-likeness (QED) is 0.779. The van der Waals surface area contributed by atoms with Crippen LogP contribution in [-0.2, 0) is 0 Å². The van der Waals surface area contributed by atoms with Crippen LogP contribution < -0.4 is 20.7 Å². The summed E-state index contributed by atoms with van der Waals surface area (Å²) in [5.74, 6) is 0.996. The molecule has 0 radical (unpaired) electrons. The summed E-state index contributed by atoms with van der Waals surface area (Å²) < 4.78 is 5.45. The fourth-order valence-electron chi connectivity index (χ4n) is 2.07. The minimum atomic E-state index is -0.244. The van der Waals surface area contributed by atoms with E-state index in [1.807, 2.05) is 0 Å². The second kappa shape index (κ2) is 5.40. The topological polar surface area (TPSA) is 79.5 Å². The highest BCUT2D eigenvalue weighted by Crippen LogP contribution is 2.27. The van der Waals surface area contributed by atoms with E-state index in [0.29, 0.717) is 42.6 Å². The Kier molecular flexibility index (Phi) is 3.45. The van der Waals surface area contributed by atoms with Crippen molar-refractivity contribution in [1.29, 1.82) is 0 Å². The summed E-state index contributed by atoms with van der Waals surface area (Å²) in [5, 5.41) is 8.28. The van der Waals surface area contributed by atoms with E-state index in [4.69, 9.17) is 4.74 Å². The second-order valence-corrected chi connectivity index (χ2v) is 5.09. The van der Waals surface area contributed by atoms with E-state index in [2.05, 4.69) is 16.0 Å². The number of hydrogen-bond acceptors (Lipinski definition) is 3. The Bertz CT molecular complexity index is 540. The molecule has 1 saturated carbocycles. The Labute approximate surface area is 116 Å². The Morgan fingerprint density at radius 2 is 2.25 bits per heavy atom. The number of rotatable bonds is 3. The van der Waals surface area contributed by atoms with Crippen LogP contribution in [-0.4, -0.2) is 31.6 Å². The minimum Gasteiger partial charge on any atom is -0.491 e. The zero-order chi connectivity index (χ0) is 13.9. The van der Waals surface area contributed by atoms with Crippen LogP contribution in [0.25, 0.3) is 0 Å². The molecule has 1 heterocycles. The summed E-state index contributed by atoms with van der Waals surface area (Å²) in [6, 6.07) is 4.82. The monoisotopic (exact) mass is 275 g/mol.